The number of hydrogen-bond donors (Lipinski definition) is 1. The fourth-order valence-corrected chi connectivity index (χ4v) is 2.07. The van der Waals surface area contributed by atoms with Crippen LogP contribution in [0, 0.1) is 0 Å². The van der Waals surface area contributed by atoms with E-state index in [4.69, 9.17) is 19.6 Å². The van der Waals surface area contributed by atoms with Gasteiger partial charge in [-0.3, -0.25) is 0 Å². The summed E-state index contributed by atoms with van der Waals surface area (Å²) in [7, 11) is 0. The standard InChI is InChI=1S/C14H16N2O3/c15-14-16-9-11(19-14)4-2-10-3-5-12-13(8-10)18-7-1-6-17-12/h3,5,8-9H,1-2,4,6-7H2,(H2,15,16). The average molecular weight is 260 g/mol. The minimum Gasteiger partial charge on any atom is -0.490 e. The van der Waals surface area contributed by atoms with Crippen LogP contribution in [-0.4, -0.2) is 18.2 Å². The summed E-state index contributed by atoms with van der Waals surface area (Å²) < 4.78 is 16.5. The Morgan fingerprint density at radius 3 is 2.74 bits per heavy atom. The lowest BCUT2D eigenvalue weighted by Crippen LogP contribution is -1.97. The molecule has 1 aromatic heterocycles. The maximum atomic E-state index is 5.66. The van der Waals surface area contributed by atoms with Crippen LogP contribution in [0.1, 0.15) is 17.7 Å². The number of oxazole rings is 1. The minimum absolute atomic E-state index is 0.216. The summed E-state index contributed by atoms with van der Waals surface area (Å²) in [6.45, 7) is 1.42. The predicted octanol–water partition coefficient (Wildman–Crippen LogP) is 2.20. The van der Waals surface area contributed by atoms with Crippen LogP contribution in [0.5, 0.6) is 11.5 Å². The topological polar surface area (TPSA) is 70.5 Å². The second kappa shape index (κ2) is 5.22. The van der Waals surface area contributed by atoms with E-state index in [9.17, 15) is 0 Å². The zero-order valence-corrected chi connectivity index (χ0v) is 10.6. The molecule has 5 nitrogen and oxygen atoms in total. The van der Waals surface area contributed by atoms with Crippen molar-refractivity contribution in [3.63, 3.8) is 0 Å². The SMILES string of the molecule is Nc1ncc(CCc2ccc3c(c2)OCCCO3)o1. The minimum atomic E-state index is 0.216. The molecule has 0 aliphatic carbocycles. The summed E-state index contributed by atoms with van der Waals surface area (Å²) in [6, 6.07) is 6.26. The van der Waals surface area contributed by atoms with Crippen molar-refractivity contribution >= 4 is 6.01 Å². The number of fused-ring (bicyclic) bond motifs is 1. The lowest BCUT2D eigenvalue weighted by molar-refractivity contribution is 0.297. The molecular weight excluding hydrogens is 244 g/mol. The number of aryl methyl sites for hydroxylation is 2. The van der Waals surface area contributed by atoms with Crippen molar-refractivity contribution in [1.29, 1.82) is 0 Å². The van der Waals surface area contributed by atoms with Crippen LogP contribution >= 0.6 is 0 Å². The van der Waals surface area contributed by atoms with Crippen LogP contribution in [-0.2, 0) is 12.8 Å². The second-order valence-electron chi connectivity index (χ2n) is 4.50. The molecule has 3 rings (SSSR count). The van der Waals surface area contributed by atoms with Gasteiger partial charge in [0.25, 0.3) is 6.01 Å². The second-order valence-corrected chi connectivity index (χ2v) is 4.50. The Balaban J connectivity index is 1.69. The third-order valence-electron chi connectivity index (χ3n) is 3.04. The molecule has 0 unspecified atom stereocenters. The molecule has 19 heavy (non-hydrogen) atoms. The number of rotatable bonds is 3. The molecule has 1 aromatic carbocycles. The fraction of sp³-hybridized carbons (Fsp3) is 0.357. The third-order valence-corrected chi connectivity index (χ3v) is 3.04. The largest absolute Gasteiger partial charge is 0.490 e. The van der Waals surface area contributed by atoms with Gasteiger partial charge in [0.15, 0.2) is 11.5 Å². The number of aromatic nitrogens is 1. The van der Waals surface area contributed by atoms with Crippen molar-refractivity contribution in [1.82, 2.24) is 4.98 Å². The monoisotopic (exact) mass is 260 g/mol. The number of nitrogens with two attached hydrogens (primary N) is 1. The molecule has 0 saturated heterocycles. The highest BCUT2D eigenvalue weighted by Crippen LogP contribution is 2.30. The lowest BCUT2D eigenvalue weighted by Gasteiger charge is -2.08. The molecule has 0 saturated carbocycles. The van der Waals surface area contributed by atoms with Crippen LogP contribution in [0.25, 0.3) is 0 Å². The van der Waals surface area contributed by atoms with Crippen LogP contribution in [0.4, 0.5) is 6.01 Å². The van der Waals surface area contributed by atoms with Gasteiger partial charge in [0.2, 0.25) is 0 Å². The van der Waals surface area contributed by atoms with E-state index in [1.807, 2.05) is 18.2 Å². The number of ether oxygens (including phenoxy) is 2. The summed E-state index contributed by atoms with van der Waals surface area (Å²) in [5.74, 6) is 2.45. The van der Waals surface area contributed by atoms with E-state index in [0.29, 0.717) is 13.2 Å². The van der Waals surface area contributed by atoms with E-state index < -0.39 is 0 Å². The summed E-state index contributed by atoms with van der Waals surface area (Å²) in [6.07, 6.45) is 4.20. The molecule has 0 atom stereocenters. The van der Waals surface area contributed by atoms with Crippen molar-refractivity contribution < 1.29 is 13.9 Å². The number of nitrogens with zero attached hydrogens (tertiary/aromatic N) is 1. The summed E-state index contributed by atoms with van der Waals surface area (Å²) in [4.78, 5) is 3.88. The summed E-state index contributed by atoms with van der Waals surface area (Å²) in [5, 5.41) is 0. The Morgan fingerprint density at radius 1 is 1.11 bits per heavy atom. The van der Waals surface area contributed by atoms with E-state index in [0.717, 1.165) is 36.5 Å². The van der Waals surface area contributed by atoms with E-state index in [2.05, 4.69) is 4.98 Å². The highest BCUT2D eigenvalue weighted by Gasteiger charge is 2.11. The average Bonchev–Trinajstić information content (AvgIpc) is 2.70. The fourth-order valence-electron chi connectivity index (χ4n) is 2.07. The van der Waals surface area contributed by atoms with Gasteiger partial charge in [-0.2, -0.15) is 0 Å². The Hall–Kier alpha value is -2.17. The van der Waals surface area contributed by atoms with Gasteiger partial charge in [-0.15, -0.1) is 0 Å². The van der Waals surface area contributed by atoms with Crippen molar-refractivity contribution in [2.45, 2.75) is 19.3 Å². The maximum Gasteiger partial charge on any atom is 0.292 e. The van der Waals surface area contributed by atoms with Gasteiger partial charge in [-0.1, -0.05) is 6.07 Å². The molecule has 100 valence electrons. The van der Waals surface area contributed by atoms with E-state index in [1.54, 1.807) is 6.20 Å². The molecule has 0 fully saturated rings. The van der Waals surface area contributed by atoms with E-state index in [-0.39, 0.29) is 6.01 Å². The van der Waals surface area contributed by atoms with Gasteiger partial charge < -0.3 is 19.6 Å². The first kappa shape index (κ1) is 11.9. The molecule has 2 N–H and O–H groups in total. The number of hydrogen-bond acceptors (Lipinski definition) is 5. The van der Waals surface area contributed by atoms with E-state index >= 15 is 0 Å². The third kappa shape index (κ3) is 2.81. The Labute approximate surface area is 111 Å². The van der Waals surface area contributed by atoms with Crippen LogP contribution in [0.15, 0.2) is 28.8 Å². The smallest absolute Gasteiger partial charge is 0.292 e. The van der Waals surface area contributed by atoms with Crippen molar-refractivity contribution in [2.24, 2.45) is 0 Å². The Morgan fingerprint density at radius 2 is 1.95 bits per heavy atom. The van der Waals surface area contributed by atoms with Gasteiger partial charge in [-0.25, -0.2) is 4.98 Å². The van der Waals surface area contributed by atoms with Gasteiger partial charge >= 0.3 is 0 Å². The first-order valence-electron chi connectivity index (χ1n) is 6.40. The van der Waals surface area contributed by atoms with Crippen LogP contribution in [0.3, 0.4) is 0 Å². The summed E-state index contributed by atoms with van der Waals surface area (Å²) >= 11 is 0. The van der Waals surface area contributed by atoms with E-state index in [1.165, 1.54) is 5.56 Å². The Kier molecular flexibility index (Phi) is 3.27. The van der Waals surface area contributed by atoms with Gasteiger partial charge in [0.1, 0.15) is 5.76 Å². The number of anilines is 1. The van der Waals surface area contributed by atoms with Gasteiger partial charge in [-0.05, 0) is 24.1 Å². The number of benzene rings is 1. The molecule has 0 bridgehead atoms. The quantitative estimate of drug-likeness (QED) is 0.916. The molecule has 1 aliphatic rings. The lowest BCUT2D eigenvalue weighted by atomic mass is 10.1. The zero-order valence-electron chi connectivity index (χ0n) is 10.6. The highest BCUT2D eigenvalue weighted by molar-refractivity contribution is 5.43. The van der Waals surface area contributed by atoms with Gasteiger partial charge in [0, 0.05) is 12.8 Å². The maximum absolute atomic E-state index is 5.66. The van der Waals surface area contributed by atoms with Gasteiger partial charge in [0.05, 0.1) is 19.4 Å². The molecule has 2 heterocycles. The molecule has 0 spiro atoms. The van der Waals surface area contributed by atoms with Crippen LogP contribution in [0.2, 0.25) is 0 Å². The van der Waals surface area contributed by atoms with Crippen molar-refractivity contribution in [2.75, 3.05) is 18.9 Å². The summed E-state index contributed by atoms with van der Waals surface area (Å²) in [5.41, 5.74) is 6.62. The number of nitrogen functional groups attached to an aromatic ring is 1. The zero-order chi connectivity index (χ0) is 13.1. The molecule has 5 heteroatoms. The first-order valence-corrected chi connectivity index (χ1v) is 6.40. The molecule has 0 amide bonds. The molecule has 0 radical (unpaired) electrons. The molecule has 1 aliphatic heterocycles. The van der Waals surface area contributed by atoms with Crippen molar-refractivity contribution in [3.8, 4) is 11.5 Å². The molecular formula is C14H16N2O3. The normalized spacial score (nSPS) is 14.1. The molecule has 2 aromatic rings. The first-order chi connectivity index (χ1) is 9.31. The highest BCUT2D eigenvalue weighted by atomic mass is 16.5. The van der Waals surface area contributed by atoms with Crippen molar-refractivity contribution in [3.05, 3.63) is 35.7 Å². The van der Waals surface area contributed by atoms with Crippen LogP contribution < -0.4 is 15.2 Å². The predicted molar refractivity (Wildman–Crippen MR) is 70.4 cm³/mol. The Bertz CT molecular complexity index is 566.